The van der Waals surface area contributed by atoms with E-state index in [0.717, 1.165) is 0 Å². The maximum Gasteiger partial charge on any atom is 0.265 e. The first-order chi connectivity index (χ1) is 12.6. The van der Waals surface area contributed by atoms with E-state index >= 15 is 0 Å². The quantitative estimate of drug-likeness (QED) is 0.680. The summed E-state index contributed by atoms with van der Waals surface area (Å²) < 4.78 is 28.7. The SMILES string of the molecule is O=c1c2ccccc2ncn1C[NH+]1CCN(S(=O)(=O)c2cccs2)CC1. The second-order valence-electron chi connectivity index (χ2n) is 6.28. The second kappa shape index (κ2) is 6.92. The average Bonchev–Trinajstić information content (AvgIpc) is 3.20. The lowest BCUT2D eigenvalue weighted by Gasteiger charge is -2.31. The summed E-state index contributed by atoms with van der Waals surface area (Å²) in [4.78, 5) is 18.1. The normalized spacial score (nSPS) is 16.9. The first-order valence-corrected chi connectivity index (χ1v) is 10.7. The summed E-state index contributed by atoms with van der Waals surface area (Å²) in [5, 5.41) is 2.38. The van der Waals surface area contributed by atoms with Crippen molar-refractivity contribution in [1.29, 1.82) is 0 Å². The Bertz CT molecular complexity index is 1070. The molecule has 1 aliphatic rings. The van der Waals surface area contributed by atoms with Gasteiger partial charge in [0, 0.05) is 0 Å². The highest BCUT2D eigenvalue weighted by Crippen LogP contribution is 2.20. The first-order valence-electron chi connectivity index (χ1n) is 8.37. The minimum atomic E-state index is -3.39. The van der Waals surface area contributed by atoms with Crippen LogP contribution in [0.25, 0.3) is 10.9 Å². The highest BCUT2D eigenvalue weighted by atomic mass is 32.2. The molecule has 1 N–H and O–H groups in total. The monoisotopic (exact) mass is 391 g/mol. The van der Waals surface area contributed by atoms with Gasteiger partial charge in [-0.15, -0.1) is 11.3 Å². The Hall–Kier alpha value is -2.07. The lowest BCUT2D eigenvalue weighted by molar-refractivity contribution is -0.926. The summed E-state index contributed by atoms with van der Waals surface area (Å²) in [5.41, 5.74) is 0.632. The molecule has 1 saturated heterocycles. The third kappa shape index (κ3) is 3.18. The number of fused-ring (bicyclic) bond motifs is 1. The minimum Gasteiger partial charge on any atom is -0.315 e. The van der Waals surface area contributed by atoms with Crippen molar-refractivity contribution in [1.82, 2.24) is 13.9 Å². The van der Waals surface area contributed by atoms with Gasteiger partial charge >= 0.3 is 0 Å². The van der Waals surface area contributed by atoms with Crippen LogP contribution in [0.3, 0.4) is 0 Å². The van der Waals surface area contributed by atoms with Crippen molar-refractivity contribution >= 4 is 32.3 Å². The Morgan fingerprint density at radius 2 is 1.88 bits per heavy atom. The van der Waals surface area contributed by atoms with Gasteiger partial charge in [0.25, 0.3) is 15.6 Å². The molecule has 7 nitrogen and oxygen atoms in total. The van der Waals surface area contributed by atoms with Gasteiger partial charge in [-0.2, -0.15) is 4.31 Å². The first kappa shape index (κ1) is 17.3. The van der Waals surface area contributed by atoms with Crippen molar-refractivity contribution in [2.75, 3.05) is 26.2 Å². The van der Waals surface area contributed by atoms with Crippen molar-refractivity contribution in [3.63, 3.8) is 0 Å². The Morgan fingerprint density at radius 1 is 1.12 bits per heavy atom. The van der Waals surface area contributed by atoms with Gasteiger partial charge in [0.1, 0.15) is 10.5 Å². The minimum absolute atomic E-state index is 0.0586. The molecule has 1 fully saturated rings. The van der Waals surface area contributed by atoms with Crippen LogP contribution in [-0.2, 0) is 16.7 Å². The van der Waals surface area contributed by atoms with Crippen LogP contribution >= 0.6 is 11.3 Å². The molecule has 0 spiro atoms. The number of sulfonamides is 1. The number of nitrogens with zero attached hydrogens (tertiary/aromatic N) is 3. The highest BCUT2D eigenvalue weighted by molar-refractivity contribution is 7.91. The molecule has 1 aromatic carbocycles. The van der Waals surface area contributed by atoms with Gasteiger partial charge in [0.05, 0.1) is 37.1 Å². The molecule has 1 aliphatic heterocycles. The fourth-order valence-corrected chi connectivity index (χ4v) is 5.78. The van der Waals surface area contributed by atoms with Crippen LogP contribution in [0.1, 0.15) is 0 Å². The Labute approximate surface area is 155 Å². The van der Waals surface area contributed by atoms with E-state index in [4.69, 9.17) is 0 Å². The molecule has 2 aromatic heterocycles. The van der Waals surface area contributed by atoms with Crippen molar-refractivity contribution in [3.8, 4) is 0 Å². The van der Waals surface area contributed by atoms with Crippen LogP contribution in [0.4, 0.5) is 0 Å². The largest absolute Gasteiger partial charge is 0.315 e. The maximum atomic E-state index is 12.6. The van der Waals surface area contributed by atoms with Gasteiger partial charge in [-0.05, 0) is 23.6 Å². The molecule has 0 bridgehead atoms. The standard InChI is InChI=1S/C17H18N4O3S2/c22-17-14-4-1-2-5-15(14)18-12-20(17)13-19-7-9-21(10-8-19)26(23,24)16-6-3-11-25-16/h1-6,11-12H,7-10,13H2/p+1. The zero-order valence-corrected chi connectivity index (χ0v) is 15.7. The van der Waals surface area contributed by atoms with Crippen LogP contribution in [-0.4, -0.2) is 48.5 Å². The third-order valence-electron chi connectivity index (χ3n) is 4.64. The van der Waals surface area contributed by atoms with Crippen molar-refractivity contribution in [2.45, 2.75) is 10.9 Å². The summed E-state index contributed by atoms with van der Waals surface area (Å²) in [6.07, 6.45) is 1.58. The Balaban J connectivity index is 1.46. The summed E-state index contributed by atoms with van der Waals surface area (Å²) in [6, 6.07) is 10.7. The molecular weight excluding hydrogens is 372 g/mol. The number of rotatable bonds is 4. The van der Waals surface area contributed by atoms with Crippen molar-refractivity contribution in [3.05, 3.63) is 58.5 Å². The van der Waals surface area contributed by atoms with E-state index in [1.54, 1.807) is 34.5 Å². The van der Waals surface area contributed by atoms with Crippen LogP contribution < -0.4 is 10.5 Å². The second-order valence-corrected chi connectivity index (χ2v) is 9.39. The number of thiophene rings is 1. The van der Waals surface area contributed by atoms with Crippen LogP contribution in [0, 0.1) is 0 Å². The third-order valence-corrected chi connectivity index (χ3v) is 7.92. The number of para-hydroxylation sites is 1. The molecule has 0 amide bonds. The summed E-state index contributed by atoms with van der Waals surface area (Å²) in [7, 11) is -3.39. The molecule has 4 rings (SSSR count). The summed E-state index contributed by atoms with van der Waals surface area (Å²) in [6.45, 7) is 2.70. The van der Waals surface area contributed by atoms with E-state index in [0.29, 0.717) is 48.0 Å². The number of hydrogen-bond donors (Lipinski definition) is 1. The molecule has 0 atom stereocenters. The molecule has 0 unspecified atom stereocenters. The smallest absolute Gasteiger partial charge is 0.265 e. The van der Waals surface area contributed by atoms with Gasteiger partial charge in [0.15, 0.2) is 6.67 Å². The molecule has 0 saturated carbocycles. The summed E-state index contributed by atoms with van der Waals surface area (Å²) in [5.74, 6) is 0. The predicted molar refractivity (Wildman–Crippen MR) is 99.8 cm³/mol. The Morgan fingerprint density at radius 3 is 2.62 bits per heavy atom. The molecule has 0 aliphatic carbocycles. The lowest BCUT2D eigenvalue weighted by atomic mass is 10.2. The zero-order valence-electron chi connectivity index (χ0n) is 14.0. The molecule has 136 valence electrons. The topological polar surface area (TPSA) is 76.7 Å². The number of nitrogens with one attached hydrogen (secondary N) is 1. The van der Waals surface area contributed by atoms with E-state index in [1.807, 2.05) is 18.2 Å². The maximum absolute atomic E-state index is 12.6. The van der Waals surface area contributed by atoms with Gasteiger partial charge < -0.3 is 4.90 Å². The van der Waals surface area contributed by atoms with E-state index in [9.17, 15) is 13.2 Å². The van der Waals surface area contributed by atoms with Crippen LogP contribution in [0.15, 0.2) is 57.1 Å². The van der Waals surface area contributed by atoms with E-state index in [1.165, 1.54) is 20.5 Å². The number of quaternary nitrogens is 1. The van der Waals surface area contributed by atoms with Gasteiger partial charge in [-0.25, -0.2) is 18.0 Å². The fourth-order valence-electron chi connectivity index (χ4n) is 3.20. The molecular formula is C17H19N4O3S2+. The number of piperazine rings is 1. The van der Waals surface area contributed by atoms with Crippen molar-refractivity contribution < 1.29 is 13.3 Å². The number of aromatic nitrogens is 2. The highest BCUT2D eigenvalue weighted by Gasteiger charge is 2.31. The van der Waals surface area contributed by atoms with E-state index in [-0.39, 0.29) is 5.56 Å². The van der Waals surface area contributed by atoms with Crippen molar-refractivity contribution in [2.24, 2.45) is 0 Å². The van der Waals surface area contributed by atoms with Gasteiger partial charge in [-0.3, -0.25) is 4.79 Å². The number of hydrogen-bond acceptors (Lipinski definition) is 5. The Kier molecular flexibility index (Phi) is 4.62. The van der Waals surface area contributed by atoms with E-state index in [2.05, 4.69) is 4.98 Å². The fraction of sp³-hybridized carbons (Fsp3) is 0.294. The number of benzene rings is 1. The van der Waals surface area contributed by atoms with Gasteiger partial charge in [0.2, 0.25) is 0 Å². The lowest BCUT2D eigenvalue weighted by Crippen LogP contribution is -3.14. The molecule has 9 heteroatoms. The molecule has 3 heterocycles. The predicted octanol–water partition coefficient (Wildman–Crippen LogP) is 0.00490. The van der Waals surface area contributed by atoms with E-state index < -0.39 is 10.0 Å². The van der Waals surface area contributed by atoms with Gasteiger partial charge in [-0.1, -0.05) is 18.2 Å². The zero-order chi connectivity index (χ0) is 18.1. The summed E-state index contributed by atoms with van der Waals surface area (Å²) >= 11 is 1.24. The molecule has 26 heavy (non-hydrogen) atoms. The average molecular weight is 391 g/mol. The molecule has 3 aromatic rings. The van der Waals surface area contributed by atoms with Crippen LogP contribution in [0.5, 0.6) is 0 Å². The molecule has 0 radical (unpaired) electrons. The van der Waals surface area contributed by atoms with Crippen LogP contribution in [0.2, 0.25) is 0 Å².